The quantitative estimate of drug-likeness (QED) is 0.635. The van der Waals surface area contributed by atoms with E-state index in [-0.39, 0.29) is 0 Å². The molecule has 0 amide bonds. The number of rotatable bonds is 4. The van der Waals surface area contributed by atoms with Crippen LogP contribution in [-0.2, 0) is 0 Å². The van der Waals surface area contributed by atoms with Gasteiger partial charge in [-0.05, 0) is 40.5 Å². The largest absolute Gasteiger partial charge is 0.390 e. The molecule has 0 aromatic rings. The summed E-state index contributed by atoms with van der Waals surface area (Å²) in [6.45, 7) is 7.26. The van der Waals surface area contributed by atoms with Crippen molar-refractivity contribution in [3.05, 3.63) is 11.6 Å². The van der Waals surface area contributed by atoms with Crippen molar-refractivity contribution in [3.8, 4) is 0 Å². The molecule has 0 radical (unpaired) electrons. The van der Waals surface area contributed by atoms with Crippen molar-refractivity contribution in [2.24, 2.45) is 0 Å². The van der Waals surface area contributed by atoms with Gasteiger partial charge in [0.25, 0.3) is 0 Å². The Morgan fingerprint density at radius 2 is 2.00 bits per heavy atom. The number of hydrogen-bond acceptors (Lipinski definition) is 2. The Kier molecular flexibility index (Phi) is 4.50. The minimum atomic E-state index is -0.978. The molecule has 2 nitrogen and oxygen atoms in total. The van der Waals surface area contributed by atoms with Crippen LogP contribution in [0.1, 0.15) is 40.5 Å². The van der Waals surface area contributed by atoms with Crippen LogP contribution in [0, 0.1) is 0 Å². The van der Waals surface area contributed by atoms with E-state index in [0.29, 0.717) is 6.42 Å². The lowest BCUT2D eigenvalue weighted by atomic mass is 9.96. The first kappa shape index (κ1) is 11.7. The van der Waals surface area contributed by atoms with Crippen LogP contribution < -0.4 is 0 Å². The SMILES string of the molecule is CC=C(C)CCC(O)C(C)(C)O. The van der Waals surface area contributed by atoms with Crippen molar-refractivity contribution < 1.29 is 10.2 Å². The van der Waals surface area contributed by atoms with Crippen molar-refractivity contribution in [1.82, 2.24) is 0 Å². The zero-order valence-electron chi connectivity index (χ0n) is 8.46. The molecule has 1 unspecified atom stereocenters. The highest BCUT2D eigenvalue weighted by Gasteiger charge is 2.23. The average molecular weight is 172 g/mol. The van der Waals surface area contributed by atoms with Crippen molar-refractivity contribution in [3.63, 3.8) is 0 Å². The minimum absolute atomic E-state index is 0.625. The number of allylic oxidation sites excluding steroid dienone is 2. The summed E-state index contributed by atoms with van der Waals surface area (Å²) in [5.41, 5.74) is 0.270. The summed E-state index contributed by atoms with van der Waals surface area (Å²) in [5.74, 6) is 0. The second kappa shape index (κ2) is 4.63. The molecule has 0 spiro atoms. The van der Waals surface area contributed by atoms with E-state index in [4.69, 9.17) is 0 Å². The Labute approximate surface area is 74.9 Å². The molecule has 12 heavy (non-hydrogen) atoms. The van der Waals surface area contributed by atoms with Gasteiger partial charge in [-0.2, -0.15) is 0 Å². The third-order valence-electron chi connectivity index (χ3n) is 2.12. The zero-order chi connectivity index (χ0) is 9.78. The van der Waals surface area contributed by atoms with E-state index in [1.165, 1.54) is 5.57 Å². The fourth-order valence-electron chi connectivity index (χ4n) is 0.862. The molecule has 72 valence electrons. The van der Waals surface area contributed by atoms with Crippen LogP contribution in [0.2, 0.25) is 0 Å². The molecule has 0 fully saturated rings. The molecule has 0 saturated heterocycles. The van der Waals surface area contributed by atoms with Gasteiger partial charge in [-0.3, -0.25) is 0 Å². The number of aliphatic hydroxyl groups is 2. The summed E-state index contributed by atoms with van der Waals surface area (Å²) in [7, 11) is 0. The summed E-state index contributed by atoms with van der Waals surface area (Å²) in [6.07, 6.45) is 2.87. The summed E-state index contributed by atoms with van der Waals surface area (Å²) in [6, 6.07) is 0. The van der Waals surface area contributed by atoms with Crippen LogP contribution in [0.5, 0.6) is 0 Å². The Bertz CT molecular complexity index is 154. The third kappa shape index (κ3) is 4.52. The van der Waals surface area contributed by atoms with Crippen LogP contribution in [-0.4, -0.2) is 21.9 Å². The summed E-state index contributed by atoms with van der Waals surface area (Å²) >= 11 is 0. The van der Waals surface area contributed by atoms with Crippen LogP contribution in [0.3, 0.4) is 0 Å². The molecule has 0 rings (SSSR count). The Hall–Kier alpha value is -0.340. The van der Waals surface area contributed by atoms with Gasteiger partial charge >= 0.3 is 0 Å². The van der Waals surface area contributed by atoms with Crippen LogP contribution in [0.15, 0.2) is 11.6 Å². The van der Waals surface area contributed by atoms with Crippen LogP contribution in [0.25, 0.3) is 0 Å². The molecule has 2 heteroatoms. The minimum Gasteiger partial charge on any atom is -0.390 e. The highest BCUT2D eigenvalue weighted by molar-refractivity contribution is 4.96. The van der Waals surface area contributed by atoms with E-state index in [1.807, 2.05) is 19.9 Å². The maximum absolute atomic E-state index is 9.45. The van der Waals surface area contributed by atoms with E-state index in [1.54, 1.807) is 13.8 Å². The second-order valence-corrected chi connectivity index (χ2v) is 3.84. The van der Waals surface area contributed by atoms with E-state index in [0.717, 1.165) is 6.42 Å². The van der Waals surface area contributed by atoms with Crippen molar-refractivity contribution >= 4 is 0 Å². The highest BCUT2D eigenvalue weighted by atomic mass is 16.3. The summed E-state index contributed by atoms with van der Waals surface area (Å²) in [4.78, 5) is 0. The monoisotopic (exact) mass is 172 g/mol. The van der Waals surface area contributed by atoms with Gasteiger partial charge in [0, 0.05) is 0 Å². The van der Waals surface area contributed by atoms with Crippen molar-refractivity contribution in [2.75, 3.05) is 0 Å². The normalized spacial score (nSPS) is 16.3. The lowest BCUT2D eigenvalue weighted by Gasteiger charge is -2.24. The first-order valence-electron chi connectivity index (χ1n) is 4.40. The molecule has 0 aliphatic rings. The third-order valence-corrected chi connectivity index (χ3v) is 2.12. The maximum Gasteiger partial charge on any atom is 0.0849 e. The molecule has 0 bridgehead atoms. The maximum atomic E-state index is 9.45. The molecular formula is C10H20O2. The molecule has 0 aliphatic carbocycles. The van der Waals surface area contributed by atoms with Gasteiger partial charge in [0.2, 0.25) is 0 Å². The average Bonchev–Trinajstić information content (AvgIpc) is 1.97. The molecule has 0 aromatic carbocycles. The van der Waals surface area contributed by atoms with Gasteiger partial charge in [-0.1, -0.05) is 11.6 Å². The summed E-state index contributed by atoms with van der Waals surface area (Å²) in [5, 5.41) is 18.9. The Balaban J connectivity index is 3.80. The fraction of sp³-hybridized carbons (Fsp3) is 0.800. The van der Waals surface area contributed by atoms with E-state index in [2.05, 4.69) is 0 Å². The lowest BCUT2D eigenvalue weighted by Crippen LogP contribution is -2.35. The zero-order valence-corrected chi connectivity index (χ0v) is 8.46. The van der Waals surface area contributed by atoms with Gasteiger partial charge in [-0.15, -0.1) is 0 Å². The lowest BCUT2D eigenvalue weighted by molar-refractivity contribution is -0.0509. The van der Waals surface area contributed by atoms with Gasteiger partial charge in [0.05, 0.1) is 11.7 Å². The van der Waals surface area contributed by atoms with Gasteiger partial charge in [0.1, 0.15) is 0 Å². The van der Waals surface area contributed by atoms with Gasteiger partial charge in [0.15, 0.2) is 0 Å². The molecule has 1 atom stereocenters. The summed E-state index contributed by atoms with van der Waals surface area (Å²) < 4.78 is 0. The predicted octanol–water partition coefficient (Wildman–Crippen LogP) is 1.86. The van der Waals surface area contributed by atoms with E-state index < -0.39 is 11.7 Å². The topological polar surface area (TPSA) is 40.5 Å². The Morgan fingerprint density at radius 3 is 2.33 bits per heavy atom. The molecule has 0 saturated carbocycles. The van der Waals surface area contributed by atoms with Crippen molar-refractivity contribution in [2.45, 2.75) is 52.2 Å². The molecule has 0 aromatic heterocycles. The molecular weight excluding hydrogens is 152 g/mol. The standard InChI is InChI=1S/C10H20O2/c1-5-8(2)6-7-9(11)10(3,4)12/h5,9,11-12H,6-7H2,1-4H3. The van der Waals surface area contributed by atoms with E-state index in [9.17, 15) is 10.2 Å². The smallest absolute Gasteiger partial charge is 0.0849 e. The van der Waals surface area contributed by atoms with Crippen LogP contribution in [0.4, 0.5) is 0 Å². The predicted molar refractivity (Wildman–Crippen MR) is 51.0 cm³/mol. The highest BCUT2D eigenvalue weighted by Crippen LogP contribution is 2.16. The van der Waals surface area contributed by atoms with E-state index >= 15 is 0 Å². The fourth-order valence-corrected chi connectivity index (χ4v) is 0.862. The molecule has 2 N–H and O–H groups in total. The first-order valence-corrected chi connectivity index (χ1v) is 4.40. The number of hydrogen-bond donors (Lipinski definition) is 2. The first-order chi connectivity index (χ1) is 5.38. The van der Waals surface area contributed by atoms with Crippen molar-refractivity contribution in [1.29, 1.82) is 0 Å². The van der Waals surface area contributed by atoms with Gasteiger partial charge < -0.3 is 10.2 Å². The van der Waals surface area contributed by atoms with Gasteiger partial charge in [-0.25, -0.2) is 0 Å². The number of aliphatic hydroxyl groups excluding tert-OH is 1. The Morgan fingerprint density at radius 1 is 1.50 bits per heavy atom. The van der Waals surface area contributed by atoms with Crippen LogP contribution >= 0.6 is 0 Å². The second-order valence-electron chi connectivity index (χ2n) is 3.84. The molecule has 0 aliphatic heterocycles. The molecule has 0 heterocycles.